The smallest absolute Gasteiger partial charge is 0.0342 e. The third kappa shape index (κ3) is 3.10. The summed E-state index contributed by atoms with van der Waals surface area (Å²) in [4.78, 5) is 0. The van der Waals surface area contributed by atoms with Crippen molar-refractivity contribution in [1.29, 1.82) is 0 Å². The van der Waals surface area contributed by atoms with Gasteiger partial charge in [-0.3, -0.25) is 0 Å². The SMILES string of the molecule is Cl/C=C\CNc1ccccc1. The molecule has 0 unspecified atom stereocenters. The molecule has 0 spiro atoms. The summed E-state index contributed by atoms with van der Waals surface area (Å²) >= 11 is 5.35. The second-order valence-corrected chi connectivity index (χ2v) is 2.36. The summed E-state index contributed by atoms with van der Waals surface area (Å²) < 4.78 is 0. The van der Waals surface area contributed by atoms with Crippen LogP contribution >= 0.6 is 11.6 Å². The molecule has 1 nitrogen and oxygen atoms in total. The van der Waals surface area contributed by atoms with Gasteiger partial charge in [-0.15, -0.1) is 0 Å². The Hall–Kier alpha value is -0.950. The second kappa shape index (κ2) is 4.80. The van der Waals surface area contributed by atoms with Gasteiger partial charge >= 0.3 is 0 Å². The van der Waals surface area contributed by atoms with Gasteiger partial charge in [0.1, 0.15) is 0 Å². The highest BCUT2D eigenvalue weighted by Crippen LogP contribution is 2.03. The highest BCUT2D eigenvalue weighted by atomic mass is 35.5. The second-order valence-electron chi connectivity index (χ2n) is 2.11. The van der Waals surface area contributed by atoms with E-state index in [9.17, 15) is 0 Å². The molecule has 0 amide bonds. The lowest BCUT2D eigenvalue weighted by Gasteiger charge is -2.00. The van der Waals surface area contributed by atoms with Crippen molar-refractivity contribution in [2.75, 3.05) is 11.9 Å². The molecule has 1 aromatic carbocycles. The van der Waals surface area contributed by atoms with Gasteiger partial charge in [0.2, 0.25) is 0 Å². The van der Waals surface area contributed by atoms with Crippen molar-refractivity contribution in [3.05, 3.63) is 41.9 Å². The first kappa shape index (κ1) is 8.15. The molecule has 0 fully saturated rings. The molecule has 0 aliphatic carbocycles. The topological polar surface area (TPSA) is 12.0 Å². The van der Waals surface area contributed by atoms with E-state index in [0.717, 1.165) is 12.2 Å². The molecule has 1 N–H and O–H groups in total. The van der Waals surface area contributed by atoms with Crippen molar-refractivity contribution in [2.24, 2.45) is 0 Å². The van der Waals surface area contributed by atoms with Crippen molar-refractivity contribution >= 4 is 17.3 Å². The van der Waals surface area contributed by atoms with Gasteiger partial charge in [0.05, 0.1) is 0 Å². The Labute approximate surface area is 71.7 Å². The molecule has 0 saturated heterocycles. The van der Waals surface area contributed by atoms with Crippen LogP contribution in [0.5, 0.6) is 0 Å². The van der Waals surface area contributed by atoms with Crippen molar-refractivity contribution < 1.29 is 0 Å². The summed E-state index contributed by atoms with van der Waals surface area (Å²) in [6.45, 7) is 0.771. The Morgan fingerprint density at radius 2 is 2.00 bits per heavy atom. The third-order valence-corrected chi connectivity index (χ3v) is 1.47. The van der Waals surface area contributed by atoms with Crippen LogP contribution in [-0.4, -0.2) is 6.54 Å². The first-order valence-electron chi connectivity index (χ1n) is 3.47. The van der Waals surface area contributed by atoms with Gasteiger partial charge in [0, 0.05) is 17.8 Å². The molecule has 2 heteroatoms. The van der Waals surface area contributed by atoms with E-state index in [1.54, 1.807) is 0 Å². The van der Waals surface area contributed by atoms with Crippen LogP contribution in [0.4, 0.5) is 5.69 Å². The number of rotatable bonds is 3. The molecule has 0 heterocycles. The van der Waals surface area contributed by atoms with E-state index in [1.165, 1.54) is 5.54 Å². The third-order valence-electron chi connectivity index (χ3n) is 1.29. The zero-order valence-electron chi connectivity index (χ0n) is 6.13. The fourth-order valence-electron chi connectivity index (χ4n) is 0.777. The first-order valence-corrected chi connectivity index (χ1v) is 3.91. The summed E-state index contributed by atoms with van der Waals surface area (Å²) in [7, 11) is 0. The Balaban J connectivity index is 2.39. The first-order chi connectivity index (χ1) is 5.43. The summed E-state index contributed by atoms with van der Waals surface area (Å²) in [6, 6.07) is 10.0. The quantitative estimate of drug-likeness (QED) is 0.730. The number of halogens is 1. The van der Waals surface area contributed by atoms with Gasteiger partial charge in [-0.2, -0.15) is 0 Å². The molecule has 0 aromatic heterocycles. The van der Waals surface area contributed by atoms with Gasteiger partial charge in [0.15, 0.2) is 0 Å². The zero-order chi connectivity index (χ0) is 7.94. The maximum Gasteiger partial charge on any atom is 0.0342 e. The van der Waals surface area contributed by atoms with Crippen molar-refractivity contribution in [1.82, 2.24) is 0 Å². The Morgan fingerprint density at radius 3 is 2.64 bits per heavy atom. The molecule has 58 valence electrons. The van der Waals surface area contributed by atoms with E-state index in [4.69, 9.17) is 11.6 Å². The predicted molar refractivity (Wildman–Crippen MR) is 49.9 cm³/mol. The van der Waals surface area contributed by atoms with E-state index in [1.807, 2.05) is 36.4 Å². The fourth-order valence-corrected chi connectivity index (χ4v) is 0.866. The largest absolute Gasteiger partial charge is 0.382 e. The number of benzene rings is 1. The molecule has 0 bridgehead atoms. The normalized spacial score (nSPS) is 10.3. The van der Waals surface area contributed by atoms with Crippen LogP contribution < -0.4 is 5.32 Å². The van der Waals surface area contributed by atoms with Crippen LogP contribution in [0.1, 0.15) is 0 Å². The highest BCUT2D eigenvalue weighted by molar-refractivity contribution is 6.25. The zero-order valence-corrected chi connectivity index (χ0v) is 6.88. The fraction of sp³-hybridized carbons (Fsp3) is 0.111. The number of nitrogens with one attached hydrogen (secondary N) is 1. The lowest BCUT2D eigenvalue weighted by molar-refractivity contribution is 1.34. The summed E-state index contributed by atoms with van der Waals surface area (Å²) in [5, 5.41) is 3.17. The molecule has 0 aliphatic rings. The maximum absolute atomic E-state index is 5.35. The van der Waals surface area contributed by atoms with Crippen LogP contribution in [0, 0.1) is 0 Å². The van der Waals surface area contributed by atoms with Crippen LogP contribution in [0.25, 0.3) is 0 Å². The van der Waals surface area contributed by atoms with Crippen LogP contribution in [0.3, 0.4) is 0 Å². The van der Waals surface area contributed by atoms with E-state index in [-0.39, 0.29) is 0 Å². The summed E-state index contributed by atoms with van der Waals surface area (Å²) in [5.41, 5.74) is 2.62. The molecule has 0 radical (unpaired) electrons. The number of anilines is 1. The minimum atomic E-state index is 0.771. The predicted octanol–water partition coefficient (Wildman–Crippen LogP) is 2.85. The molecule has 1 rings (SSSR count). The molecule has 0 saturated carbocycles. The summed E-state index contributed by atoms with van der Waals surface area (Å²) in [5.74, 6) is 0. The average Bonchev–Trinajstić information content (AvgIpc) is 2.07. The van der Waals surface area contributed by atoms with Gasteiger partial charge < -0.3 is 5.32 Å². The Morgan fingerprint density at radius 1 is 1.27 bits per heavy atom. The van der Waals surface area contributed by atoms with E-state index < -0.39 is 0 Å². The average molecular weight is 168 g/mol. The summed E-state index contributed by atoms with van der Waals surface area (Å²) in [6.07, 6.45) is 1.86. The number of para-hydroxylation sites is 1. The van der Waals surface area contributed by atoms with Crippen LogP contribution in [0.2, 0.25) is 0 Å². The maximum atomic E-state index is 5.35. The number of hydrogen-bond donors (Lipinski definition) is 1. The van der Waals surface area contributed by atoms with E-state index in [0.29, 0.717) is 0 Å². The van der Waals surface area contributed by atoms with Crippen molar-refractivity contribution in [3.8, 4) is 0 Å². The minimum Gasteiger partial charge on any atom is -0.382 e. The monoisotopic (exact) mass is 167 g/mol. The van der Waals surface area contributed by atoms with Crippen LogP contribution in [0.15, 0.2) is 41.9 Å². The van der Waals surface area contributed by atoms with Gasteiger partial charge in [-0.05, 0) is 12.1 Å². The molecular formula is C9H10ClN. The van der Waals surface area contributed by atoms with Crippen molar-refractivity contribution in [2.45, 2.75) is 0 Å². The van der Waals surface area contributed by atoms with Gasteiger partial charge in [-0.1, -0.05) is 35.9 Å². The van der Waals surface area contributed by atoms with Gasteiger partial charge in [-0.25, -0.2) is 0 Å². The van der Waals surface area contributed by atoms with Crippen LogP contribution in [-0.2, 0) is 0 Å². The van der Waals surface area contributed by atoms with Gasteiger partial charge in [0.25, 0.3) is 0 Å². The van der Waals surface area contributed by atoms with Crippen molar-refractivity contribution in [3.63, 3.8) is 0 Å². The molecular weight excluding hydrogens is 158 g/mol. The lowest BCUT2D eigenvalue weighted by atomic mass is 10.3. The number of hydrogen-bond acceptors (Lipinski definition) is 1. The highest BCUT2D eigenvalue weighted by Gasteiger charge is 1.83. The minimum absolute atomic E-state index is 0.771. The Bertz CT molecular complexity index is 218. The van der Waals surface area contributed by atoms with E-state index >= 15 is 0 Å². The molecule has 0 atom stereocenters. The molecule has 1 aromatic rings. The standard InChI is InChI=1S/C9H10ClN/c10-7-4-8-11-9-5-2-1-3-6-9/h1-7,11H,8H2/b7-4-. The molecule has 0 aliphatic heterocycles. The van der Waals surface area contributed by atoms with E-state index in [2.05, 4.69) is 5.32 Å². The Kier molecular flexibility index (Phi) is 3.56. The lowest BCUT2D eigenvalue weighted by Crippen LogP contribution is -1.96. The molecule has 11 heavy (non-hydrogen) atoms.